The molecule has 1 saturated heterocycles. The molecule has 0 aliphatic carbocycles. The lowest BCUT2D eigenvalue weighted by Gasteiger charge is -2.27. The summed E-state index contributed by atoms with van der Waals surface area (Å²) in [6, 6.07) is 5.47. The summed E-state index contributed by atoms with van der Waals surface area (Å²) < 4.78 is 41.0. The summed E-state index contributed by atoms with van der Waals surface area (Å²) in [6.45, 7) is 5.30. The zero-order valence-electron chi connectivity index (χ0n) is 12.5. The van der Waals surface area contributed by atoms with E-state index in [0.717, 1.165) is 56.8 Å². The van der Waals surface area contributed by atoms with E-state index in [9.17, 15) is 13.2 Å². The first-order chi connectivity index (χ1) is 10.5. The lowest BCUT2D eigenvalue weighted by Crippen LogP contribution is -2.44. The summed E-state index contributed by atoms with van der Waals surface area (Å²) in [5, 5.41) is 3.27. The van der Waals surface area contributed by atoms with Gasteiger partial charge in [-0.25, -0.2) is 0 Å². The quantitative estimate of drug-likeness (QED) is 0.862. The van der Waals surface area contributed by atoms with Crippen LogP contribution in [0.1, 0.15) is 11.1 Å². The van der Waals surface area contributed by atoms with Crippen LogP contribution in [0.5, 0.6) is 0 Å². The third-order valence-corrected chi connectivity index (χ3v) is 3.30. The highest BCUT2D eigenvalue weighted by atomic mass is 19.4. The summed E-state index contributed by atoms with van der Waals surface area (Å²) in [5.41, 5.74) is 0.384. The van der Waals surface area contributed by atoms with Crippen LogP contribution in [0, 0.1) is 0 Å². The van der Waals surface area contributed by atoms with Gasteiger partial charge in [0.15, 0.2) is 0 Å². The van der Waals surface area contributed by atoms with Crippen molar-refractivity contribution in [1.29, 1.82) is 0 Å². The number of hydrogen-bond acceptors (Lipinski definition) is 4. The highest BCUT2D eigenvalue weighted by Gasteiger charge is 2.29. The van der Waals surface area contributed by atoms with Crippen LogP contribution in [0.15, 0.2) is 24.3 Å². The Morgan fingerprint density at radius 2 is 1.77 bits per heavy atom. The zero-order chi connectivity index (χ0) is 16.4. The van der Waals surface area contributed by atoms with Gasteiger partial charge in [0, 0.05) is 32.7 Å². The third kappa shape index (κ3) is 6.91. The monoisotopic (exact) mass is 318 g/mol. The van der Waals surface area contributed by atoms with Gasteiger partial charge in [0.1, 0.15) is 0 Å². The lowest BCUT2D eigenvalue weighted by atomic mass is 10.1. The molecule has 124 valence electrons. The number of carbonyl (C=O) groups excluding carboxylic acids is 1. The van der Waals surface area contributed by atoms with Crippen molar-refractivity contribution >= 4 is 6.47 Å². The molecular formula is C15H21F3N2O2. The minimum Gasteiger partial charge on any atom is -0.471 e. The van der Waals surface area contributed by atoms with E-state index in [4.69, 9.17) is 4.79 Å². The summed E-state index contributed by atoms with van der Waals surface area (Å²) in [7, 11) is 1.31. The number of rotatable bonds is 4. The van der Waals surface area contributed by atoms with Gasteiger partial charge in [0.2, 0.25) is 0 Å². The number of ether oxygens (including phenoxy) is 1. The molecule has 7 heteroatoms. The molecule has 1 aromatic rings. The fourth-order valence-electron chi connectivity index (χ4n) is 2.08. The lowest BCUT2D eigenvalue weighted by molar-refractivity contribution is -0.137. The van der Waals surface area contributed by atoms with E-state index in [1.807, 2.05) is 0 Å². The first-order valence-electron chi connectivity index (χ1n) is 7.03. The predicted octanol–water partition coefficient (Wildman–Crippen LogP) is 1.94. The Kier molecular flexibility index (Phi) is 7.90. The average molecular weight is 318 g/mol. The maximum Gasteiger partial charge on any atom is 0.416 e. The number of benzene rings is 1. The number of piperazine rings is 1. The summed E-state index contributed by atoms with van der Waals surface area (Å²) >= 11 is 0. The Hall–Kier alpha value is -1.60. The van der Waals surface area contributed by atoms with E-state index < -0.39 is 11.7 Å². The number of carbonyl (C=O) groups is 1. The van der Waals surface area contributed by atoms with Gasteiger partial charge in [-0.2, -0.15) is 13.2 Å². The first kappa shape index (κ1) is 18.4. The number of alkyl halides is 3. The Labute approximate surface area is 128 Å². The third-order valence-electron chi connectivity index (χ3n) is 3.30. The van der Waals surface area contributed by atoms with Crippen LogP contribution in [-0.4, -0.2) is 51.2 Å². The van der Waals surface area contributed by atoms with Crippen LogP contribution in [0.25, 0.3) is 0 Å². The fraction of sp³-hybridized carbons (Fsp3) is 0.533. The molecule has 2 rings (SSSR count). The van der Waals surface area contributed by atoms with Gasteiger partial charge in [-0.1, -0.05) is 12.1 Å². The minimum absolute atomic E-state index is 0.375. The van der Waals surface area contributed by atoms with Crippen LogP contribution in [0.3, 0.4) is 0 Å². The van der Waals surface area contributed by atoms with Crippen LogP contribution in [-0.2, 0) is 22.1 Å². The second-order valence-corrected chi connectivity index (χ2v) is 4.87. The Morgan fingerprint density at radius 3 is 2.23 bits per heavy atom. The van der Waals surface area contributed by atoms with Crippen molar-refractivity contribution in [2.24, 2.45) is 0 Å². The van der Waals surface area contributed by atoms with Crippen LogP contribution in [0.4, 0.5) is 13.2 Å². The normalized spacial score (nSPS) is 15.6. The van der Waals surface area contributed by atoms with E-state index >= 15 is 0 Å². The van der Waals surface area contributed by atoms with Crippen molar-refractivity contribution in [3.8, 4) is 0 Å². The molecule has 0 radical (unpaired) electrons. The minimum atomic E-state index is -4.24. The van der Waals surface area contributed by atoms with Crippen molar-refractivity contribution in [2.75, 3.05) is 39.8 Å². The van der Waals surface area contributed by atoms with Gasteiger partial charge < -0.3 is 15.0 Å². The topological polar surface area (TPSA) is 41.6 Å². The van der Waals surface area contributed by atoms with Gasteiger partial charge in [-0.3, -0.25) is 4.79 Å². The largest absolute Gasteiger partial charge is 0.471 e. The number of nitrogens with zero attached hydrogens (tertiary/aromatic N) is 1. The van der Waals surface area contributed by atoms with Crippen molar-refractivity contribution in [3.05, 3.63) is 35.4 Å². The molecule has 1 aliphatic heterocycles. The summed E-state index contributed by atoms with van der Waals surface area (Å²) in [5.74, 6) is 0. The smallest absolute Gasteiger partial charge is 0.416 e. The fourth-order valence-corrected chi connectivity index (χ4v) is 2.08. The molecule has 0 aromatic heterocycles. The molecule has 1 fully saturated rings. The molecular weight excluding hydrogens is 297 g/mol. The maximum absolute atomic E-state index is 12.4. The number of nitrogens with one attached hydrogen (secondary N) is 1. The average Bonchev–Trinajstić information content (AvgIpc) is 2.54. The van der Waals surface area contributed by atoms with Crippen LogP contribution >= 0.6 is 0 Å². The van der Waals surface area contributed by atoms with Crippen LogP contribution in [0.2, 0.25) is 0 Å². The zero-order valence-corrected chi connectivity index (χ0v) is 12.5. The SMILES string of the molecule is COC=O.FC(F)(F)c1ccc(CCN2CCNCC2)cc1. The van der Waals surface area contributed by atoms with Gasteiger partial charge in [-0.15, -0.1) is 0 Å². The number of methoxy groups -OCH3 is 1. The van der Waals surface area contributed by atoms with E-state index in [1.165, 1.54) is 7.11 Å². The van der Waals surface area contributed by atoms with Crippen molar-refractivity contribution in [2.45, 2.75) is 12.6 Å². The van der Waals surface area contributed by atoms with E-state index in [-0.39, 0.29) is 0 Å². The molecule has 0 spiro atoms. The molecule has 4 nitrogen and oxygen atoms in total. The number of hydrogen-bond donors (Lipinski definition) is 1. The Morgan fingerprint density at radius 1 is 1.23 bits per heavy atom. The molecule has 0 atom stereocenters. The van der Waals surface area contributed by atoms with Gasteiger partial charge in [-0.05, 0) is 24.1 Å². The van der Waals surface area contributed by atoms with Crippen molar-refractivity contribution in [1.82, 2.24) is 10.2 Å². The van der Waals surface area contributed by atoms with Gasteiger partial charge in [0.25, 0.3) is 6.47 Å². The molecule has 0 amide bonds. The highest BCUT2D eigenvalue weighted by Crippen LogP contribution is 2.29. The van der Waals surface area contributed by atoms with Crippen LogP contribution < -0.4 is 5.32 Å². The Bertz CT molecular complexity index is 429. The second-order valence-electron chi connectivity index (χ2n) is 4.87. The molecule has 0 saturated carbocycles. The van der Waals surface area contributed by atoms with E-state index in [1.54, 1.807) is 12.1 Å². The van der Waals surface area contributed by atoms with E-state index in [2.05, 4.69) is 15.0 Å². The van der Waals surface area contributed by atoms with Crippen molar-refractivity contribution < 1.29 is 22.7 Å². The van der Waals surface area contributed by atoms with Gasteiger partial charge >= 0.3 is 6.18 Å². The van der Waals surface area contributed by atoms with Crippen molar-refractivity contribution in [3.63, 3.8) is 0 Å². The van der Waals surface area contributed by atoms with Gasteiger partial charge in [0.05, 0.1) is 12.7 Å². The summed E-state index contributed by atoms with van der Waals surface area (Å²) in [4.78, 5) is 11.3. The maximum atomic E-state index is 12.4. The Balaban J connectivity index is 0.000000541. The molecule has 1 heterocycles. The molecule has 1 aromatic carbocycles. The predicted molar refractivity (Wildman–Crippen MR) is 77.5 cm³/mol. The first-order valence-corrected chi connectivity index (χ1v) is 7.03. The molecule has 0 bridgehead atoms. The molecule has 1 N–H and O–H groups in total. The standard InChI is InChI=1S/C13H17F3N2.C2H4O2/c14-13(15,16)12-3-1-11(2-4-12)5-8-18-9-6-17-7-10-18;1-4-2-3/h1-4,17H,5-10H2;2H,1H3. The van der Waals surface area contributed by atoms with E-state index in [0.29, 0.717) is 6.47 Å². The summed E-state index contributed by atoms with van der Waals surface area (Å²) in [6.07, 6.45) is -3.44. The molecule has 0 unspecified atom stereocenters. The number of halogens is 3. The molecule has 22 heavy (non-hydrogen) atoms. The highest BCUT2D eigenvalue weighted by molar-refractivity contribution is 5.36. The molecule has 1 aliphatic rings. The second kappa shape index (κ2) is 9.42.